The largest absolute Gasteiger partial charge is 0.381 e. The first-order valence-electron chi connectivity index (χ1n) is 9.69. The van der Waals surface area contributed by atoms with E-state index in [2.05, 4.69) is 53.5 Å². The van der Waals surface area contributed by atoms with Crippen LogP contribution in [0.1, 0.15) is 42.3 Å². The number of benzene rings is 1. The first kappa shape index (κ1) is 17.5. The zero-order chi connectivity index (χ0) is 17.8. The van der Waals surface area contributed by atoms with Gasteiger partial charge in [-0.2, -0.15) is 5.10 Å². The molecule has 0 bridgehead atoms. The Labute approximate surface area is 155 Å². The van der Waals surface area contributed by atoms with Crippen molar-refractivity contribution >= 4 is 6.08 Å². The summed E-state index contributed by atoms with van der Waals surface area (Å²) in [4.78, 5) is 0. The molecule has 0 unspecified atom stereocenters. The molecular weight excluding hydrogens is 324 g/mol. The molecule has 1 aliphatic carbocycles. The molecule has 1 aliphatic heterocycles. The van der Waals surface area contributed by atoms with Gasteiger partial charge in [0.05, 0.1) is 12.3 Å². The van der Waals surface area contributed by atoms with Crippen molar-refractivity contribution in [3.63, 3.8) is 0 Å². The molecule has 0 saturated carbocycles. The molecule has 138 valence electrons. The SMILES string of the molecule is C[C@@H](COCc1ccccc1)Cc1[nH]nc2c1CC1(C=C2)CCOCC1. The summed E-state index contributed by atoms with van der Waals surface area (Å²) in [5.41, 5.74) is 5.31. The van der Waals surface area contributed by atoms with Crippen LogP contribution < -0.4 is 0 Å². The Hall–Kier alpha value is -1.91. The number of rotatable bonds is 6. The number of hydrogen-bond donors (Lipinski definition) is 1. The summed E-state index contributed by atoms with van der Waals surface area (Å²) >= 11 is 0. The minimum atomic E-state index is 0.275. The second-order valence-electron chi connectivity index (χ2n) is 7.86. The van der Waals surface area contributed by atoms with Crippen LogP contribution in [0.3, 0.4) is 0 Å². The van der Waals surface area contributed by atoms with Gasteiger partial charge >= 0.3 is 0 Å². The number of fused-ring (bicyclic) bond motifs is 1. The third kappa shape index (κ3) is 3.92. The predicted molar refractivity (Wildman–Crippen MR) is 103 cm³/mol. The normalized spacial score (nSPS) is 19.4. The van der Waals surface area contributed by atoms with Crippen molar-refractivity contribution in [3.8, 4) is 0 Å². The molecule has 2 aromatic rings. The van der Waals surface area contributed by atoms with Gasteiger partial charge in [0.25, 0.3) is 0 Å². The maximum atomic E-state index is 5.92. The minimum absolute atomic E-state index is 0.275. The summed E-state index contributed by atoms with van der Waals surface area (Å²) in [6, 6.07) is 10.4. The molecule has 1 spiro atoms. The highest BCUT2D eigenvalue weighted by Gasteiger charge is 2.35. The van der Waals surface area contributed by atoms with Crippen LogP contribution >= 0.6 is 0 Å². The summed E-state index contributed by atoms with van der Waals surface area (Å²) < 4.78 is 11.5. The van der Waals surface area contributed by atoms with Crippen LogP contribution in [0.4, 0.5) is 0 Å². The molecule has 4 heteroatoms. The van der Waals surface area contributed by atoms with E-state index < -0.39 is 0 Å². The lowest BCUT2D eigenvalue weighted by atomic mass is 9.72. The number of ether oxygens (including phenoxy) is 2. The summed E-state index contributed by atoms with van der Waals surface area (Å²) in [7, 11) is 0. The Kier molecular flexibility index (Phi) is 5.23. The van der Waals surface area contributed by atoms with Crippen LogP contribution in [0.5, 0.6) is 0 Å². The topological polar surface area (TPSA) is 47.1 Å². The molecule has 1 atom stereocenters. The standard InChI is InChI=1S/C22H28N2O2/c1-17(15-26-16-18-5-3-2-4-6-18)13-21-19-14-22(9-11-25-12-10-22)8-7-20(19)23-24-21/h2-8,17H,9-16H2,1H3,(H,23,24)/t17-/m1/s1. The smallest absolute Gasteiger partial charge is 0.0880 e. The molecule has 2 heterocycles. The van der Waals surface area contributed by atoms with E-state index in [4.69, 9.17) is 9.47 Å². The lowest BCUT2D eigenvalue weighted by Crippen LogP contribution is -2.31. The van der Waals surface area contributed by atoms with Gasteiger partial charge in [-0.15, -0.1) is 0 Å². The zero-order valence-corrected chi connectivity index (χ0v) is 15.5. The van der Waals surface area contributed by atoms with Crippen LogP contribution in [0, 0.1) is 11.3 Å². The quantitative estimate of drug-likeness (QED) is 0.849. The Morgan fingerprint density at radius 3 is 2.85 bits per heavy atom. The van der Waals surface area contributed by atoms with E-state index in [1.54, 1.807) is 0 Å². The molecule has 1 N–H and O–H groups in total. The van der Waals surface area contributed by atoms with Gasteiger partial charge in [0, 0.05) is 31.1 Å². The van der Waals surface area contributed by atoms with E-state index in [-0.39, 0.29) is 5.41 Å². The molecule has 1 fully saturated rings. The van der Waals surface area contributed by atoms with Crippen molar-refractivity contribution in [2.24, 2.45) is 11.3 Å². The number of hydrogen-bond acceptors (Lipinski definition) is 3. The van der Waals surface area contributed by atoms with Crippen LogP contribution in [0.2, 0.25) is 0 Å². The van der Waals surface area contributed by atoms with Gasteiger partial charge in [0.15, 0.2) is 0 Å². The lowest BCUT2D eigenvalue weighted by Gasteiger charge is -2.36. The average molecular weight is 352 g/mol. The maximum absolute atomic E-state index is 5.92. The van der Waals surface area contributed by atoms with Crippen molar-refractivity contribution in [2.45, 2.75) is 39.2 Å². The van der Waals surface area contributed by atoms with Crippen LogP contribution in [-0.2, 0) is 28.9 Å². The van der Waals surface area contributed by atoms with Gasteiger partial charge < -0.3 is 9.47 Å². The van der Waals surface area contributed by atoms with E-state index in [0.717, 1.165) is 51.2 Å². The van der Waals surface area contributed by atoms with Crippen LogP contribution in [0.25, 0.3) is 6.08 Å². The molecule has 4 rings (SSSR count). The molecule has 26 heavy (non-hydrogen) atoms. The summed E-state index contributed by atoms with van der Waals surface area (Å²) in [6.07, 6.45) is 8.88. The molecule has 2 aliphatic rings. The van der Waals surface area contributed by atoms with E-state index >= 15 is 0 Å². The Bertz CT molecular complexity index is 745. The van der Waals surface area contributed by atoms with Crippen molar-refractivity contribution in [1.82, 2.24) is 10.2 Å². The lowest BCUT2D eigenvalue weighted by molar-refractivity contribution is 0.0371. The minimum Gasteiger partial charge on any atom is -0.381 e. The predicted octanol–water partition coefficient (Wildman–Crippen LogP) is 4.17. The average Bonchev–Trinajstić information content (AvgIpc) is 3.05. The zero-order valence-electron chi connectivity index (χ0n) is 15.5. The number of H-pyrrole nitrogens is 1. The first-order valence-corrected chi connectivity index (χ1v) is 9.69. The molecular formula is C22H28N2O2. The molecule has 1 aromatic heterocycles. The van der Waals surface area contributed by atoms with Crippen LogP contribution in [0.15, 0.2) is 36.4 Å². The number of aromatic nitrogens is 2. The second-order valence-corrected chi connectivity index (χ2v) is 7.86. The maximum Gasteiger partial charge on any atom is 0.0880 e. The third-order valence-corrected chi connectivity index (χ3v) is 5.66. The fourth-order valence-electron chi connectivity index (χ4n) is 4.07. The van der Waals surface area contributed by atoms with Crippen molar-refractivity contribution in [1.29, 1.82) is 0 Å². The highest BCUT2D eigenvalue weighted by molar-refractivity contribution is 5.55. The number of allylic oxidation sites excluding steroid dienone is 1. The number of nitrogens with one attached hydrogen (secondary N) is 1. The Morgan fingerprint density at radius 2 is 2.04 bits per heavy atom. The second kappa shape index (κ2) is 7.77. The fourth-order valence-corrected chi connectivity index (χ4v) is 4.07. The monoisotopic (exact) mass is 352 g/mol. The van der Waals surface area contributed by atoms with Gasteiger partial charge in [-0.25, -0.2) is 0 Å². The van der Waals surface area contributed by atoms with E-state index in [0.29, 0.717) is 12.5 Å². The molecule has 1 aromatic carbocycles. The number of nitrogens with zero attached hydrogens (tertiary/aromatic N) is 1. The van der Waals surface area contributed by atoms with Crippen molar-refractivity contribution < 1.29 is 9.47 Å². The Balaban J connectivity index is 1.34. The summed E-state index contributed by atoms with van der Waals surface area (Å²) in [5, 5.41) is 7.82. The van der Waals surface area contributed by atoms with Gasteiger partial charge in [-0.05, 0) is 48.7 Å². The highest BCUT2D eigenvalue weighted by atomic mass is 16.5. The molecule has 0 radical (unpaired) electrons. The molecule has 4 nitrogen and oxygen atoms in total. The van der Waals surface area contributed by atoms with Gasteiger partial charge in [0.2, 0.25) is 0 Å². The summed E-state index contributed by atoms with van der Waals surface area (Å²) in [6.45, 7) is 5.43. The van der Waals surface area contributed by atoms with E-state index in [9.17, 15) is 0 Å². The molecule has 1 saturated heterocycles. The van der Waals surface area contributed by atoms with E-state index in [1.165, 1.54) is 16.8 Å². The fraction of sp³-hybridized carbons (Fsp3) is 0.500. The summed E-state index contributed by atoms with van der Waals surface area (Å²) in [5.74, 6) is 0.458. The van der Waals surface area contributed by atoms with Crippen molar-refractivity contribution in [2.75, 3.05) is 19.8 Å². The van der Waals surface area contributed by atoms with Gasteiger partial charge in [0.1, 0.15) is 0 Å². The van der Waals surface area contributed by atoms with Crippen molar-refractivity contribution in [3.05, 3.63) is 58.9 Å². The number of aromatic amines is 1. The third-order valence-electron chi connectivity index (χ3n) is 5.66. The van der Waals surface area contributed by atoms with E-state index in [1.807, 2.05) is 6.07 Å². The Morgan fingerprint density at radius 1 is 1.23 bits per heavy atom. The first-order chi connectivity index (χ1) is 12.7. The van der Waals surface area contributed by atoms with Crippen LogP contribution in [-0.4, -0.2) is 30.0 Å². The molecule has 0 amide bonds. The van der Waals surface area contributed by atoms with Gasteiger partial charge in [-0.3, -0.25) is 5.10 Å². The highest BCUT2D eigenvalue weighted by Crippen LogP contribution is 2.41. The van der Waals surface area contributed by atoms with Gasteiger partial charge in [-0.1, -0.05) is 43.3 Å².